The molecule has 0 heterocycles. The van der Waals surface area contributed by atoms with Gasteiger partial charge in [-0.25, -0.2) is 0 Å². The highest BCUT2D eigenvalue weighted by atomic mass is 16.6. The van der Waals surface area contributed by atoms with Crippen molar-refractivity contribution >= 4 is 11.4 Å². The lowest BCUT2D eigenvalue weighted by molar-refractivity contribution is -0.384. The van der Waals surface area contributed by atoms with Gasteiger partial charge in [-0.1, -0.05) is 29.8 Å². The third-order valence-corrected chi connectivity index (χ3v) is 3.37. The number of aryl methyl sites for hydroxylation is 2. The monoisotopic (exact) mass is 270 g/mol. The Bertz CT molecular complexity index is 621. The van der Waals surface area contributed by atoms with Crippen LogP contribution in [0.4, 0.5) is 11.4 Å². The van der Waals surface area contributed by atoms with E-state index in [-0.39, 0.29) is 16.7 Å². The highest BCUT2D eigenvalue weighted by Gasteiger charge is 2.10. The van der Waals surface area contributed by atoms with Crippen molar-refractivity contribution in [1.29, 1.82) is 0 Å². The van der Waals surface area contributed by atoms with Gasteiger partial charge in [0.1, 0.15) is 0 Å². The average Bonchev–Trinajstić information content (AvgIpc) is 2.41. The average molecular weight is 270 g/mol. The van der Waals surface area contributed by atoms with Crippen LogP contribution in [0, 0.1) is 24.0 Å². The van der Waals surface area contributed by atoms with Crippen LogP contribution < -0.4 is 5.32 Å². The summed E-state index contributed by atoms with van der Waals surface area (Å²) in [6.07, 6.45) is 0. The van der Waals surface area contributed by atoms with Crippen molar-refractivity contribution in [2.24, 2.45) is 0 Å². The maximum Gasteiger partial charge on any atom is 0.269 e. The van der Waals surface area contributed by atoms with E-state index in [1.807, 2.05) is 6.92 Å². The number of nitro groups is 1. The van der Waals surface area contributed by atoms with Crippen LogP contribution in [-0.4, -0.2) is 4.92 Å². The maximum atomic E-state index is 10.7. The molecule has 0 bridgehead atoms. The fourth-order valence-corrected chi connectivity index (χ4v) is 2.10. The van der Waals surface area contributed by atoms with Gasteiger partial charge in [0.15, 0.2) is 0 Å². The van der Waals surface area contributed by atoms with E-state index in [2.05, 4.69) is 43.4 Å². The number of non-ortho nitro benzene ring substituents is 1. The number of rotatable bonds is 4. The molecular formula is C16H18N2O2. The lowest BCUT2D eigenvalue weighted by atomic mass is 10.1. The molecule has 2 aromatic rings. The third-order valence-electron chi connectivity index (χ3n) is 3.37. The van der Waals surface area contributed by atoms with Crippen LogP contribution in [0.15, 0.2) is 42.5 Å². The molecule has 1 unspecified atom stereocenters. The number of hydrogen-bond acceptors (Lipinski definition) is 3. The zero-order valence-corrected chi connectivity index (χ0v) is 11.9. The zero-order chi connectivity index (χ0) is 14.7. The van der Waals surface area contributed by atoms with Gasteiger partial charge in [0.2, 0.25) is 0 Å². The lowest BCUT2D eigenvalue weighted by Crippen LogP contribution is -2.07. The van der Waals surface area contributed by atoms with E-state index < -0.39 is 0 Å². The quantitative estimate of drug-likeness (QED) is 0.662. The molecule has 2 aromatic carbocycles. The van der Waals surface area contributed by atoms with Crippen LogP contribution in [0.1, 0.15) is 29.7 Å². The summed E-state index contributed by atoms with van der Waals surface area (Å²) in [5, 5.41) is 14.1. The van der Waals surface area contributed by atoms with Gasteiger partial charge in [0, 0.05) is 23.9 Å². The standard InChI is InChI=1S/C16H18N2O2/c1-11-4-6-14(7-5-11)13(3)17-16-9-8-15(18(19)20)10-12(16)2/h4-10,13,17H,1-3H3. The molecule has 0 fully saturated rings. The second-order valence-corrected chi connectivity index (χ2v) is 5.03. The van der Waals surface area contributed by atoms with Crippen LogP contribution in [0.25, 0.3) is 0 Å². The number of nitrogens with zero attached hydrogens (tertiary/aromatic N) is 1. The van der Waals surface area contributed by atoms with Crippen molar-refractivity contribution in [3.63, 3.8) is 0 Å². The van der Waals surface area contributed by atoms with Crippen LogP contribution in [0.2, 0.25) is 0 Å². The first-order valence-electron chi connectivity index (χ1n) is 6.55. The summed E-state index contributed by atoms with van der Waals surface area (Å²) in [5.74, 6) is 0. The molecule has 4 heteroatoms. The predicted molar refractivity (Wildman–Crippen MR) is 81.1 cm³/mol. The van der Waals surface area contributed by atoms with Crippen LogP contribution in [0.5, 0.6) is 0 Å². The summed E-state index contributed by atoms with van der Waals surface area (Å²) in [6.45, 7) is 6.01. The Labute approximate surface area is 118 Å². The highest BCUT2D eigenvalue weighted by Crippen LogP contribution is 2.25. The van der Waals surface area contributed by atoms with Gasteiger partial charge in [0.05, 0.1) is 4.92 Å². The molecule has 20 heavy (non-hydrogen) atoms. The first-order chi connectivity index (χ1) is 9.47. The Morgan fingerprint density at radius 3 is 2.30 bits per heavy atom. The summed E-state index contributed by atoms with van der Waals surface area (Å²) in [4.78, 5) is 10.4. The lowest BCUT2D eigenvalue weighted by Gasteiger charge is -2.17. The number of benzene rings is 2. The second kappa shape index (κ2) is 5.74. The molecule has 1 N–H and O–H groups in total. The van der Waals surface area contributed by atoms with E-state index in [4.69, 9.17) is 0 Å². The number of anilines is 1. The SMILES string of the molecule is Cc1ccc(C(C)Nc2ccc([N+](=O)[O-])cc2C)cc1. The molecule has 2 rings (SSSR count). The van der Waals surface area contributed by atoms with Gasteiger partial charge in [-0.2, -0.15) is 0 Å². The first kappa shape index (κ1) is 14.1. The second-order valence-electron chi connectivity index (χ2n) is 5.03. The van der Waals surface area contributed by atoms with Gasteiger partial charge in [0.25, 0.3) is 5.69 Å². The largest absolute Gasteiger partial charge is 0.378 e. The molecule has 0 saturated carbocycles. The molecule has 0 aliphatic rings. The minimum absolute atomic E-state index is 0.121. The summed E-state index contributed by atoms with van der Waals surface area (Å²) < 4.78 is 0. The number of nitrogens with one attached hydrogen (secondary N) is 1. The molecule has 0 amide bonds. The van der Waals surface area contributed by atoms with Crippen LogP contribution >= 0.6 is 0 Å². The van der Waals surface area contributed by atoms with Gasteiger partial charge >= 0.3 is 0 Å². The molecular weight excluding hydrogens is 252 g/mol. The predicted octanol–water partition coefficient (Wildman–Crippen LogP) is 4.38. The Balaban J connectivity index is 2.17. The third kappa shape index (κ3) is 3.15. The van der Waals surface area contributed by atoms with E-state index in [1.165, 1.54) is 17.2 Å². The van der Waals surface area contributed by atoms with E-state index in [1.54, 1.807) is 12.1 Å². The smallest absolute Gasteiger partial charge is 0.269 e. The van der Waals surface area contributed by atoms with Crippen molar-refractivity contribution in [1.82, 2.24) is 0 Å². The maximum absolute atomic E-state index is 10.7. The van der Waals surface area contributed by atoms with Crippen molar-refractivity contribution in [2.45, 2.75) is 26.8 Å². The van der Waals surface area contributed by atoms with Gasteiger partial charge < -0.3 is 5.32 Å². The molecule has 0 saturated heterocycles. The van der Waals surface area contributed by atoms with Crippen molar-refractivity contribution in [2.75, 3.05) is 5.32 Å². The van der Waals surface area contributed by atoms with Gasteiger partial charge in [-0.15, -0.1) is 0 Å². The molecule has 0 radical (unpaired) electrons. The normalized spacial score (nSPS) is 11.9. The molecule has 104 valence electrons. The summed E-state index contributed by atoms with van der Waals surface area (Å²) in [5.41, 5.74) is 4.33. The van der Waals surface area contributed by atoms with Crippen molar-refractivity contribution in [3.8, 4) is 0 Å². The van der Waals surface area contributed by atoms with Crippen LogP contribution in [-0.2, 0) is 0 Å². The van der Waals surface area contributed by atoms with Gasteiger partial charge in [-0.3, -0.25) is 10.1 Å². The molecule has 0 spiro atoms. The number of nitro benzene ring substituents is 1. The molecule has 0 aromatic heterocycles. The first-order valence-corrected chi connectivity index (χ1v) is 6.55. The molecule has 0 aliphatic heterocycles. The van der Waals surface area contributed by atoms with Crippen molar-refractivity contribution < 1.29 is 4.92 Å². The summed E-state index contributed by atoms with van der Waals surface area (Å²) in [6, 6.07) is 13.4. The van der Waals surface area contributed by atoms with E-state index in [0.717, 1.165) is 11.3 Å². The molecule has 4 nitrogen and oxygen atoms in total. The number of hydrogen-bond donors (Lipinski definition) is 1. The summed E-state index contributed by atoms with van der Waals surface area (Å²) in [7, 11) is 0. The topological polar surface area (TPSA) is 55.2 Å². The Morgan fingerprint density at radius 1 is 1.10 bits per heavy atom. The van der Waals surface area contributed by atoms with Gasteiger partial charge in [-0.05, 0) is 38.0 Å². The van der Waals surface area contributed by atoms with E-state index >= 15 is 0 Å². The minimum atomic E-state index is -0.375. The zero-order valence-electron chi connectivity index (χ0n) is 11.9. The minimum Gasteiger partial charge on any atom is -0.378 e. The Kier molecular flexibility index (Phi) is 4.03. The molecule has 0 aliphatic carbocycles. The fraction of sp³-hybridized carbons (Fsp3) is 0.250. The molecule has 1 atom stereocenters. The summed E-state index contributed by atoms with van der Waals surface area (Å²) >= 11 is 0. The Hall–Kier alpha value is -2.36. The van der Waals surface area contributed by atoms with E-state index in [0.29, 0.717) is 0 Å². The van der Waals surface area contributed by atoms with Crippen LogP contribution in [0.3, 0.4) is 0 Å². The highest BCUT2D eigenvalue weighted by molar-refractivity contribution is 5.56. The van der Waals surface area contributed by atoms with Crippen molar-refractivity contribution in [3.05, 3.63) is 69.3 Å². The van der Waals surface area contributed by atoms with E-state index in [9.17, 15) is 10.1 Å². The fourth-order valence-electron chi connectivity index (χ4n) is 2.10. The Morgan fingerprint density at radius 2 is 1.75 bits per heavy atom.